The summed E-state index contributed by atoms with van der Waals surface area (Å²) in [6.07, 6.45) is 10.4. The van der Waals surface area contributed by atoms with E-state index >= 15 is 0 Å². The SMILES string of the molecule is COC(=O)/C=C/C1=C(c2ccc(C)cc2)N2C=CC=CC2(C)C1=O. The summed E-state index contributed by atoms with van der Waals surface area (Å²) in [6.45, 7) is 3.90. The molecule has 1 unspecified atom stereocenters. The van der Waals surface area contributed by atoms with Crippen LogP contribution in [-0.4, -0.2) is 29.3 Å². The zero-order valence-electron chi connectivity index (χ0n) is 13.9. The lowest BCUT2D eigenvalue weighted by Crippen LogP contribution is -2.43. The van der Waals surface area contributed by atoms with Crippen molar-refractivity contribution in [1.82, 2.24) is 4.90 Å². The molecule has 0 fully saturated rings. The van der Waals surface area contributed by atoms with Crippen LogP contribution in [0.25, 0.3) is 5.70 Å². The Morgan fingerprint density at radius 1 is 1.21 bits per heavy atom. The van der Waals surface area contributed by atoms with E-state index in [2.05, 4.69) is 4.74 Å². The van der Waals surface area contributed by atoms with Crippen molar-refractivity contribution in [2.45, 2.75) is 19.4 Å². The van der Waals surface area contributed by atoms with Gasteiger partial charge in [-0.2, -0.15) is 0 Å². The van der Waals surface area contributed by atoms with Crippen LogP contribution < -0.4 is 0 Å². The van der Waals surface area contributed by atoms with Crippen LogP contribution in [0, 0.1) is 6.92 Å². The summed E-state index contributed by atoms with van der Waals surface area (Å²) in [5.74, 6) is -0.529. The van der Waals surface area contributed by atoms with E-state index in [-0.39, 0.29) is 5.78 Å². The number of carbonyl (C=O) groups excluding carboxylic acids is 2. The van der Waals surface area contributed by atoms with E-state index in [0.717, 1.165) is 16.8 Å². The normalized spacial score (nSPS) is 22.5. The van der Waals surface area contributed by atoms with Crippen LogP contribution in [0.5, 0.6) is 0 Å². The van der Waals surface area contributed by atoms with Gasteiger partial charge in [-0.05, 0) is 31.6 Å². The molecule has 1 aromatic rings. The molecule has 2 heterocycles. The van der Waals surface area contributed by atoms with Crippen molar-refractivity contribution in [3.8, 4) is 0 Å². The third-order valence-corrected chi connectivity index (χ3v) is 4.38. The number of benzene rings is 1. The molecule has 0 saturated heterocycles. The van der Waals surface area contributed by atoms with Gasteiger partial charge in [0.1, 0.15) is 5.54 Å². The number of aryl methyl sites for hydroxylation is 1. The van der Waals surface area contributed by atoms with Crippen LogP contribution >= 0.6 is 0 Å². The molecule has 2 aliphatic heterocycles. The molecule has 0 radical (unpaired) electrons. The maximum Gasteiger partial charge on any atom is 0.330 e. The van der Waals surface area contributed by atoms with Gasteiger partial charge >= 0.3 is 5.97 Å². The number of Topliss-reactive ketones (excluding diaryl/α,β-unsaturated/α-hetero) is 1. The minimum absolute atomic E-state index is 0.0428. The third kappa shape index (κ3) is 2.50. The van der Waals surface area contributed by atoms with Gasteiger partial charge in [-0.1, -0.05) is 42.0 Å². The maximum absolute atomic E-state index is 13.0. The number of carbonyl (C=O) groups is 2. The first-order valence-electron chi connectivity index (χ1n) is 7.75. The van der Waals surface area contributed by atoms with Gasteiger partial charge in [-0.15, -0.1) is 0 Å². The van der Waals surface area contributed by atoms with Crippen molar-refractivity contribution in [1.29, 1.82) is 0 Å². The van der Waals surface area contributed by atoms with E-state index in [9.17, 15) is 9.59 Å². The highest BCUT2D eigenvalue weighted by molar-refractivity contribution is 6.16. The lowest BCUT2D eigenvalue weighted by molar-refractivity contribution is -0.134. The monoisotopic (exact) mass is 321 g/mol. The van der Waals surface area contributed by atoms with E-state index in [0.29, 0.717) is 5.57 Å². The number of hydrogen-bond acceptors (Lipinski definition) is 4. The zero-order chi connectivity index (χ0) is 17.3. The van der Waals surface area contributed by atoms with Gasteiger partial charge in [-0.25, -0.2) is 4.79 Å². The molecule has 2 aliphatic rings. The Bertz CT molecular complexity index is 812. The van der Waals surface area contributed by atoms with Gasteiger partial charge in [0.15, 0.2) is 5.78 Å². The Morgan fingerprint density at radius 2 is 1.92 bits per heavy atom. The quantitative estimate of drug-likeness (QED) is 0.634. The van der Waals surface area contributed by atoms with Crippen LogP contribution in [0.15, 0.2) is 66.4 Å². The summed E-state index contributed by atoms with van der Waals surface area (Å²) in [5, 5.41) is 0. The molecule has 0 bridgehead atoms. The van der Waals surface area contributed by atoms with Crippen LogP contribution in [-0.2, 0) is 14.3 Å². The molecule has 1 atom stereocenters. The number of allylic oxidation sites excluding steroid dienone is 3. The summed E-state index contributed by atoms with van der Waals surface area (Å²) in [4.78, 5) is 26.5. The van der Waals surface area contributed by atoms with Gasteiger partial charge in [0.25, 0.3) is 0 Å². The number of nitrogens with zero attached hydrogens (tertiary/aromatic N) is 1. The molecule has 0 aromatic heterocycles. The number of hydrogen-bond donors (Lipinski definition) is 0. The highest BCUT2D eigenvalue weighted by Crippen LogP contribution is 2.42. The number of ketones is 1. The fourth-order valence-electron chi connectivity index (χ4n) is 3.00. The van der Waals surface area contributed by atoms with E-state index < -0.39 is 11.5 Å². The average Bonchev–Trinajstić information content (AvgIpc) is 2.81. The van der Waals surface area contributed by atoms with E-state index in [1.165, 1.54) is 13.2 Å². The second-order valence-electron chi connectivity index (χ2n) is 6.03. The smallest absolute Gasteiger partial charge is 0.330 e. The molecule has 0 N–H and O–H groups in total. The first kappa shape index (κ1) is 16.0. The molecule has 122 valence electrons. The minimum atomic E-state index is -0.773. The number of ether oxygens (including phenoxy) is 1. The molecule has 4 heteroatoms. The van der Waals surface area contributed by atoms with Crippen molar-refractivity contribution in [2.75, 3.05) is 7.11 Å². The van der Waals surface area contributed by atoms with Crippen LogP contribution in [0.1, 0.15) is 18.1 Å². The van der Waals surface area contributed by atoms with Crippen molar-refractivity contribution < 1.29 is 14.3 Å². The van der Waals surface area contributed by atoms with E-state index in [1.54, 1.807) is 6.08 Å². The molecule has 0 aliphatic carbocycles. The number of fused-ring (bicyclic) bond motifs is 1. The van der Waals surface area contributed by atoms with Gasteiger partial charge in [0, 0.05) is 17.8 Å². The molecule has 4 nitrogen and oxygen atoms in total. The summed E-state index contributed by atoms with van der Waals surface area (Å²) in [7, 11) is 1.31. The molecular formula is C20H19NO3. The van der Waals surface area contributed by atoms with Gasteiger partial charge in [0.05, 0.1) is 12.8 Å². The molecule has 0 saturated carbocycles. The molecule has 0 amide bonds. The molecule has 1 aromatic carbocycles. The topological polar surface area (TPSA) is 46.6 Å². The van der Waals surface area contributed by atoms with Crippen molar-refractivity contribution in [3.63, 3.8) is 0 Å². The second-order valence-corrected chi connectivity index (χ2v) is 6.03. The fraction of sp³-hybridized carbons (Fsp3) is 0.200. The predicted octanol–water partition coefficient (Wildman–Crippen LogP) is 3.16. The third-order valence-electron chi connectivity index (χ3n) is 4.38. The zero-order valence-corrected chi connectivity index (χ0v) is 13.9. The van der Waals surface area contributed by atoms with Gasteiger partial charge in [-0.3, -0.25) is 4.79 Å². The molecule has 3 rings (SSSR count). The highest BCUT2D eigenvalue weighted by Gasteiger charge is 2.47. The highest BCUT2D eigenvalue weighted by atomic mass is 16.5. The van der Waals surface area contributed by atoms with Crippen LogP contribution in [0.2, 0.25) is 0 Å². The number of rotatable bonds is 3. The predicted molar refractivity (Wildman–Crippen MR) is 92.8 cm³/mol. The largest absolute Gasteiger partial charge is 0.466 e. The number of methoxy groups -OCH3 is 1. The molecule has 24 heavy (non-hydrogen) atoms. The Hall–Kier alpha value is -2.88. The second kappa shape index (κ2) is 5.96. The summed E-state index contributed by atoms with van der Waals surface area (Å²) < 4.78 is 4.64. The van der Waals surface area contributed by atoms with Gasteiger partial charge in [0.2, 0.25) is 0 Å². The molecule has 0 spiro atoms. The summed E-state index contributed by atoms with van der Waals surface area (Å²) in [6, 6.07) is 7.99. The van der Waals surface area contributed by atoms with E-state index in [4.69, 9.17) is 0 Å². The van der Waals surface area contributed by atoms with Crippen LogP contribution in [0.4, 0.5) is 0 Å². The standard InChI is InChI=1S/C20H19NO3/c1-14-6-8-15(9-7-14)18-16(10-11-17(22)24-3)19(23)20(2)12-4-5-13-21(18)20/h4-13H,1-3H3/b11-10+. The fourth-order valence-corrected chi connectivity index (χ4v) is 3.00. The maximum atomic E-state index is 13.0. The van der Waals surface area contributed by atoms with Crippen LogP contribution in [0.3, 0.4) is 0 Å². The lowest BCUT2D eigenvalue weighted by Gasteiger charge is -2.34. The van der Waals surface area contributed by atoms with Gasteiger partial charge < -0.3 is 9.64 Å². The minimum Gasteiger partial charge on any atom is -0.466 e. The average molecular weight is 321 g/mol. The molecular weight excluding hydrogens is 302 g/mol. The Morgan fingerprint density at radius 3 is 2.58 bits per heavy atom. The van der Waals surface area contributed by atoms with Crippen molar-refractivity contribution in [3.05, 3.63) is 77.5 Å². The summed E-state index contributed by atoms with van der Waals surface area (Å²) in [5.41, 5.74) is 2.60. The Labute approximate surface area is 141 Å². The van der Waals surface area contributed by atoms with Crippen molar-refractivity contribution in [2.24, 2.45) is 0 Å². The Kier molecular flexibility index (Phi) is 3.97. The first-order valence-corrected chi connectivity index (χ1v) is 7.75. The Balaban J connectivity index is 2.17. The summed E-state index contributed by atoms with van der Waals surface area (Å²) >= 11 is 0. The first-order chi connectivity index (χ1) is 11.5. The van der Waals surface area contributed by atoms with Crippen molar-refractivity contribution >= 4 is 17.4 Å². The van der Waals surface area contributed by atoms with E-state index in [1.807, 2.05) is 67.4 Å². The lowest BCUT2D eigenvalue weighted by atomic mass is 9.92. The number of esters is 1.